The lowest BCUT2D eigenvalue weighted by Crippen LogP contribution is -2.31. The van der Waals surface area contributed by atoms with E-state index in [9.17, 15) is 14.7 Å². The third-order valence-electron chi connectivity index (χ3n) is 4.44. The average molecular weight is 400 g/mol. The van der Waals surface area contributed by atoms with Gasteiger partial charge in [0.2, 0.25) is 5.78 Å². The molecule has 1 unspecified atom stereocenters. The van der Waals surface area contributed by atoms with E-state index in [4.69, 9.17) is 16.0 Å². The van der Waals surface area contributed by atoms with Crippen LogP contribution >= 0.6 is 22.9 Å². The number of halogens is 1. The average Bonchev–Trinajstić information content (AvgIpc) is 3.39. The molecule has 0 radical (unpaired) electrons. The Morgan fingerprint density at radius 2 is 2.07 bits per heavy atom. The number of thiophene rings is 1. The molecule has 136 valence electrons. The highest BCUT2D eigenvalue weighted by Crippen LogP contribution is 2.44. The van der Waals surface area contributed by atoms with E-state index in [1.54, 1.807) is 24.3 Å². The number of Topliss-reactive ketones (excluding diaryl/α,β-unsaturated/α-hetero) is 1. The fraction of sp³-hybridized carbons (Fsp3) is 0.100. The summed E-state index contributed by atoms with van der Waals surface area (Å²) in [5.74, 6) is -1.68. The summed E-state index contributed by atoms with van der Waals surface area (Å²) in [7, 11) is 0. The van der Waals surface area contributed by atoms with E-state index in [0.717, 1.165) is 10.4 Å². The lowest BCUT2D eigenvalue weighted by atomic mass is 10.00. The van der Waals surface area contributed by atoms with E-state index in [1.165, 1.54) is 28.6 Å². The molecule has 0 spiro atoms. The number of furan rings is 1. The van der Waals surface area contributed by atoms with Crippen LogP contribution in [-0.2, 0) is 4.79 Å². The van der Waals surface area contributed by atoms with Crippen LogP contribution in [0.3, 0.4) is 0 Å². The van der Waals surface area contributed by atoms with Crippen molar-refractivity contribution >= 4 is 40.3 Å². The van der Waals surface area contributed by atoms with Crippen LogP contribution in [0.1, 0.15) is 27.0 Å². The van der Waals surface area contributed by atoms with Crippen LogP contribution in [0.2, 0.25) is 5.02 Å². The lowest BCUT2D eigenvalue weighted by Gasteiger charge is -2.27. The monoisotopic (exact) mass is 399 g/mol. The van der Waals surface area contributed by atoms with E-state index < -0.39 is 23.5 Å². The van der Waals surface area contributed by atoms with Gasteiger partial charge in [-0.05, 0) is 48.2 Å². The van der Waals surface area contributed by atoms with Crippen molar-refractivity contribution in [3.63, 3.8) is 0 Å². The number of aliphatic hydroxyl groups is 1. The van der Waals surface area contributed by atoms with E-state index in [2.05, 4.69) is 0 Å². The molecule has 1 amide bonds. The van der Waals surface area contributed by atoms with Crippen molar-refractivity contribution in [3.8, 4) is 0 Å². The van der Waals surface area contributed by atoms with Crippen LogP contribution in [0, 0.1) is 6.92 Å². The van der Waals surface area contributed by atoms with Crippen molar-refractivity contribution in [1.29, 1.82) is 0 Å². The first-order valence-corrected chi connectivity index (χ1v) is 9.39. The summed E-state index contributed by atoms with van der Waals surface area (Å²) in [5.41, 5.74) is 1.34. The number of ketones is 1. The number of aliphatic hydroxyl groups excluding tert-OH is 1. The van der Waals surface area contributed by atoms with Crippen LogP contribution in [0.5, 0.6) is 0 Å². The predicted octanol–water partition coefficient (Wildman–Crippen LogP) is 5.09. The Kier molecular flexibility index (Phi) is 4.37. The standard InChI is InChI=1S/C20H14ClNO4S/c1-11-6-7-12(21)10-13(11)22-17(15-5-3-9-27-15)16(19(24)20(22)25)18(23)14-4-2-8-26-14/h2-10,17,24H,1H3. The quantitative estimate of drug-likeness (QED) is 0.620. The van der Waals surface area contributed by atoms with Crippen LogP contribution in [-0.4, -0.2) is 16.8 Å². The summed E-state index contributed by atoms with van der Waals surface area (Å²) in [6, 6.07) is 11.2. The second-order valence-electron chi connectivity index (χ2n) is 6.09. The van der Waals surface area contributed by atoms with Gasteiger partial charge in [0.1, 0.15) is 6.04 Å². The summed E-state index contributed by atoms with van der Waals surface area (Å²) in [5, 5.41) is 12.9. The van der Waals surface area contributed by atoms with Gasteiger partial charge < -0.3 is 9.52 Å². The third-order valence-corrected chi connectivity index (χ3v) is 5.60. The van der Waals surface area contributed by atoms with Gasteiger partial charge in [-0.2, -0.15) is 0 Å². The molecule has 1 aliphatic rings. The number of nitrogens with zero attached hydrogens (tertiary/aromatic N) is 1. The molecular weight excluding hydrogens is 386 g/mol. The van der Waals surface area contributed by atoms with Gasteiger partial charge in [-0.15, -0.1) is 11.3 Å². The zero-order chi connectivity index (χ0) is 19.1. The van der Waals surface area contributed by atoms with Crippen molar-refractivity contribution in [3.05, 3.63) is 86.7 Å². The van der Waals surface area contributed by atoms with E-state index in [0.29, 0.717) is 10.7 Å². The predicted molar refractivity (Wildman–Crippen MR) is 103 cm³/mol. The minimum atomic E-state index is -0.757. The SMILES string of the molecule is Cc1ccc(Cl)cc1N1C(=O)C(O)=C(C(=O)c2ccco2)C1c1cccs1. The largest absolute Gasteiger partial charge is 0.503 e. The van der Waals surface area contributed by atoms with Gasteiger partial charge in [-0.1, -0.05) is 23.7 Å². The Morgan fingerprint density at radius 1 is 1.26 bits per heavy atom. The number of carbonyl (C=O) groups is 2. The van der Waals surface area contributed by atoms with Gasteiger partial charge in [0.05, 0.1) is 11.8 Å². The van der Waals surface area contributed by atoms with E-state index in [1.807, 2.05) is 24.4 Å². The molecule has 3 heterocycles. The smallest absolute Gasteiger partial charge is 0.294 e. The molecule has 3 aromatic rings. The Morgan fingerprint density at radius 3 is 2.74 bits per heavy atom. The highest BCUT2D eigenvalue weighted by Gasteiger charge is 2.46. The van der Waals surface area contributed by atoms with Gasteiger partial charge in [0.15, 0.2) is 11.5 Å². The zero-order valence-corrected chi connectivity index (χ0v) is 15.8. The molecule has 0 aliphatic carbocycles. The molecule has 0 saturated carbocycles. The summed E-state index contributed by atoms with van der Waals surface area (Å²) in [6.45, 7) is 1.84. The molecule has 0 saturated heterocycles. The molecule has 5 nitrogen and oxygen atoms in total. The van der Waals surface area contributed by atoms with Crippen molar-refractivity contribution < 1.29 is 19.1 Å². The molecule has 0 bridgehead atoms. The Bertz CT molecular complexity index is 1050. The van der Waals surface area contributed by atoms with Crippen molar-refractivity contribution in [2.75, 3.05) is 4.90 Å². The molecule has 2 aromatic heterocycles. The Labute approximate surface area is 164 Å². The molecule has 7 heteroatoms. The lowest BCUT2D eigenvalue weighted by molar-refractivity contribution is -0.117. The molecule has 4 rings (SSSR count). The number of carbonyl (C=O) groups excluding carboxylic acids is 2. The molecule has 1 aliphatic heterocycles. The maximum Gasteiger partial charge on any atom is 0.294 e. The molecule has 1 N–H and O–H groups in total. The van der Waals surface area contributed by atoms with Gasteiger partial charge in [0, 0.05) is 15.6 Å². The molecular formula is C20H14ClNO4S. The van der Waals surface area contributed by atoms with Crippen LogP contribution in [0.25, 0.3) is 0 Å². The summed E-state index contributed by atoms with van der Waals surface area (Å²) >= 11 is 7.53. The minimum Gasteiger partial charge on any atom is -0.503 e. The van der Waals surface area contributed by atoms with Gasteiger partial charge in [-0.25, -0.2) is 0 Å². The van der Waals surface area contributed by atoms with Crippen molar-refractivity contribution in [1.82, 2.24) is 0 Å². The Hall–Kier alpha value is -2.83. The zero-order valence-electron chi connectivity index (χ0n) is 14.2. The van der Waals surface area contributed by atoms with E-state index >= 15 is 0 Å². The number of benzene rings is 1. The first-order chi connectivity index (χ1) is 13.0. The van der Waals surface area contributed by atoms with Crippen molar-refractivity contribution in [2.45, 2.75) is 13.0 Å². The fourth-order valence-electron chi connectivity index (χ4n) is 3.18. The maximum atomic E-state index is 13.0. The Balaban J connectivity index is 1.90. The van der Waals surface area contributed by atoms with E-state index in [-0.39, 0.29) is 11.3 Å². The number of rotatable bonds is 4. The summed E-state index contributed by atoms with van der Waals surface area (Å²) in [6.07, 6.45) is 1.38. The molecule has 0 fully saturated rings. The van der Waals surface area contributed by atoms with Crippen LogP contribution in [0.15, 0.2) is 69.9 Å². The van der Waals surface area contributed by atoms with Gasteiger partial charge in [-0.3, -0.25) is 14.5 Å². The summed E-state index contributed by atoms with van der Waals surface area (Å²) < 4.78 is 5.20. The number of amides is 1. The highest BCUT2D eigenvalue weighted by molar-refractivity contribution is 7.10. The fourth-order valence-corrected chi connectivity index (χ4v) is 4.17. The number of aryl methyl sites for hydroxylation is 1. The number of hydrogen-bond donors (Lipinski definition) is 1. The van der Waals surface area contributed by atoms with Gasteiger partial charge in [0.25, 0.3) is 5.91 Å². The minimum absolute atomic E-state index is 0.00299. The molecule has 27 heavy (non-hydrogen) atoms. The molecule has 1 atom stereocenters. The second kappa shape index (κ2) is 6.72. The molecule has 1 aromatic carbocycles. The first kappa shape index (κ1) is 17.6. The normalized spacial score (nSPS) is 17.0. The van der Waals surface area contributed by atoms with Crippen LogP contribution < -0.4 is 4.90 Å². The van der Waals surface area contributed by atoms with Gasteiger partial charge >= 0.3 is 0 Å². The van der Waals surface area contributed by atoms with Crippen LogP contribution in [0.4, 0.5) is 5.69 Å². The van der Waals surface area contributed by atoms with Crippen molar-refractivity contribution in [2.24, 2.45) is 0 Å². The number of hydrogen-bond acceptors (Lipinski definition) is 5. The topological polar surface area (TPSA) is 70.8 Å². The highest BCUT2D eigenvalue weighted by atomic mass is 35.5. The maximum absolute atomic E-state index is 13.0. The summed E-state index contributed by atoms with van der Waals surface area (Å²) in [4.78, 5) is 28.1. The second-order valence-corrected chi connectivity index (χ2v) is 7.51. The third kappa shape index (κ3) is 2.87. The number of anilines is 1. The first-order valence-electron chi connectivity index (χ1n) is 8.13.